The minimum atomic E-state index is -4.63. The SMILES string of the molecule is C=C(C)CCC.CC(C)C1(C)CN(C2CCc3c2n[nH]c(=O)c3C(F)(F)F)C1.CC/C=C/C(=C\CCC)C(F)(F)F.CC=O.CCCC.CCCC(C)C. The third kappa shape index (κ3) is 23.3. The number of rotatable bonds is 11. The fourth-order valence-electron chi connectivity index (χ4n) is 5.40. The van der Waals surface area contributed by atoms with Gasteiger partial charge in [0.1, 0.15) is 11.8 Å². The lowest BCUT2D eigenvalue weighted by atomic mass is 9.72. The number of allylic oxidation sites excluding steroid dienone is 5. The highest BCUT2D eigenvalue weighted by Crippen LogP contribution is 2.46. The molecule has 2 heterocycles. The van der Waals surface area contributed by atoms with Crippen LogP contribution in [0.25, 0.3) is 0 Å². The second-order valence-electron chi connectivity index (χ2n) is 14.9. The number of halogens is 6. The average Bonchev–Trinajstić information content (AvgIpc) is 3.46. The third-order valence-electron chi connectivity index (χ3n) is 8.90. The Kier molecular flexibility index (Phi) is 30.5. The van der Waals surface area contributed by atoms with Gasteiger partial charge < -0.3 is 4.79 Å². The molecule has 1 saturated heterocycles. The fourth-order valence-corrected chi connectivity index (χ4v) is 5.40. The van der Waals surface area contributed by atoms with Crippen LogP contribution in [0.15, 0.2) is 40.7 Å². The van der Waals surface area contributed by atoms with Crippen molar-refractivity contribution in [1.82, 2.24) is 15.1 Å². The van der Waals surface area contributed by atoms with Crippen LogP contribution in [0, 0.1) is 17.3 Å². The van der Waals surface area contributed by atoms with Gasteiger partial charge in [-0.1, -0.05) is 138 Å². The Morgan fingerprint density at radius 3 is 1.81 bits per heavy atom. The van der Waals surface area contributed by atoms with Crippen LogP contribution in [-0.4, -0.2) is 40.6 Å². The summed E-state index contributed by atoms with van der Waals surface area (Å²) >= 11 is 0. The van der Waals surface area contributed by atoms with Crippen molar-refractivity contribution in [2.24, 2.45) is 17.3 Å². The van der Waals surface area contributed by atoms with Crippen LogP contribution < -0.4 is 5.56 Å². The van der Waals surface area contributed by atoms with Crippen LogP contribution in [0.5, 0.6) is 0 Å². The first-order valence-corrected chi connectivity index (χ1v) is 19.9. The van der Waals surface area contributed by atoms with E-state index in [-0.39, 0.29) is 23.4 Å². The standard InChI is InChI=1S/C15H20F3N3O.C10H15F3.C6H14.C6H12.C4H10.C2H4O/c1-8(2)14(3)6-21(7-14)10-5-4-9-11(15(16,17)18)13(22)20-19-12(9)10;1-3-5-7-9(8-6-4-2)10(11,12)13;2*1-4-5-6(2)3;1-3-4-2;1-2-3/h8,10H,4-7H2,1-3H3,(H,20,22);5,7-8H,3-4,6H2,1-2H3;6H,4-5H2,1-3H3;2,4-5H2,1,3H3;3-4H2,1-2H3;2H,1H3/b;7-5+,9-8+;;;;. The Hall–Kier alpha value is -2.69. The Labute approximate surface area is 324 Å². The van der Waals surface area contributed by atoms with Gasteiger partial charge in [-0.15, -0.1) is 6.58 Å². The van der Waals surface area contributed by atoms with Crippen molar-refractivity contribution >= 4 is 6.29 Å². The highest BCUT2D eigenvalue weighted by atomic mass is 19.4. The number of nitrogens with one attached hydrogen (secondary N) is 1. The highest BCUT2D eigenvalue weighted by molar-refractivity contribution is 5.44. The van der Waals surface area contributed by atoms with E-state index in [9.17, 15) is 31.1 Å². The van der Waals surface area contributed by atoms with Crippen molar-refractivity contribution in [2.45, 2.75) is 179 Å². The van der Waals surface area contributed by atoms with Crippen LogP contribution in [0.3, 0.4) is 0 Å². The maximum atomic E-state index is 13.1. The molecule has 0 saturated carbocycles. The summed E-state index contributed by atoms with van der Waals surface area (Å²) in [5, 5.41) is 5.96. The zero-order chi connectivity index (χ0) is 42.7. The third-order valence-corrected chi connectivity index (χ3v) is 8.90. The molecule has 0 bridgehead atoms. The van der Waals surface area contributed by atoms with Crippen molar-refractivity contribution in [3.05, 3.63) is 63.1 Å². The van der Waals surface area contributed by atoms with Crippen molar-refractivity contribution in [2.75, 3.05) is 13.1 Å². The Morgan fingerprint density at radius 2 is 1.50 bits per heavy atom. The fraction of sp³-hybridized carbons (Fsp3) is 0.744. The molecule has 316 valence electrons. The molecule has 5 nitrogen and oxygen atoms in total. The van der Waals surface area contributed by atoms with E-state index in [2.05, 4.69) is 85.8 Å². The maximum absolute atomic E-state index is 13.1. The average molecular weight is 780 g/mol. The van der Waals surface area contributed by atoms with E-state index in [0.717, 1.165) is 37.8 Å². The number of carbonyl (C=O) groups is 1. The molecule has 1 atom stereocenters. The van der Waals surface area contributed by atoms with Crippen LogP contribution in [0.1, 0.15) is 177 Å². The smallest absolute Gasteiger partial charge is 0.304 e. The number of carbonyl (C=O) groups excluding carboxylic acids is 1. The molecule has 0 amide bonds. The molecule has 1 aliphatic heterocycles. The number of unbranched alkanes of at least 4 members (excludes halogenated alkanes) is 2. The van der Waals surface area contributed by atoms with Gasteiger partial charge >= 0.3 is 12.4 Å². The molecule has 1 aliphatic carbocycles. The zero-order valence-electron chi connectivity index (χ0n) is 35.9. The number of hydrogen-bond donors (Lipinski definition) is 1. The largest absolute Gasteiger partial charge is 0.422 e. The van der Waals surface area contributed by atoms with E-state index in [0.29, 0.717) is 30.9 Å². The van der Waals surface area contributed by atoms with Crippen molar-refractivity contribution in [3.8, 4) is 0 Å². The number of hydrogen-bond acceptors (Lipinski definition) is 4. The number of H-pyrrole nitrogens is 1. The zero-order valence-corrected chi connectivity index (χ0v) is 35.9. The van der Waals surface area contributed by atoms with Crippen molar-refractivity contribution < 1.29 is 31.1 Å². The number of likely N-dealkylation sites (tertiary alicyclic amines) is 1. The molecule has 1 aromatic rings. The molecule has 0 aromatic carbocycles. The number of nitrogens with zero attached hydrogens (tertiary/aromatic N) is 2. The molecule has 11 heteroatoms. The second kappa shape index (κ2) is 29.6. The summed E-state index contributed by atoms with van der Waals surface area (Å²) in [6, 6.07) is -0.111. The van der Waals surface area contributed by atoms with Gasteiger partial charge in [0.2, 0.25) is 0 Å². The molecular weight excluding hydrogens is 704 g/mol. The van der Waals surface area contributed by atoms with Gasteiger partial charge in [0.05, 0.1) is 17.3 Å². The highest BCUT2D eigenvalue weighted by Gasteiger charge is 2.48. The molecular formula is C43H75F6N3O2. The summed E-state index contributed by atoms with van der Waals surface area (Å²) in [4.78, 5) is 22.5. The Bertz CT molecular complexity index is 1260. The first kappa shape index (κ1) is 55.6. The molecule has 2 aliphatic rings. The van der Waals surface area contributed by atoms with Gasteiger partial charge in [0, 0.05) is 13.1 Å². The molecule has 1 N–H and O–H groups in total. The lowest BCUT2D eigenvalue weighted by Crippen LogP contribution is -2.57. The summed E-state index contributed by atoms with van der Waals surface area (Å²) in [7, 11) is 0. The minimum absolute atomic E-state index is 0.0828. The summed E-state index contributed by atoms with van der Waals surface area (Å²) in [6.07, 6.45) is 6.28. The van der Waals surface area contributed by atoms with Crippen LogP contribution in [0.4, 0.5) is 26.3 Å². The van der Waals surface area contributed by atoms with E-state index < -0.39 is 29.0 Å². The predicted molar refractivity (Wildman–Crippen MR) is 216 cm³/mol. The maximum Gasteiger partial charge on any atom is 0.422 e. The normalized spacial score (nSPS) is 16.2. The van der Waals surface area contributed by atoms with E-state index in [1.165, 1.54) is 63.2 Å². The molecule has 1 unspecified atom stereocenters. The first-order chi connectivity index (χ1) is 25.0. The summed E-state index contributed by atoms with van der Waals surface area (Å²) in [5.41, 5.74) is -0.752. The van der Waals surface area contributed by atoms with Crippen LogP contribution >= 0.6 is 0 Å². The van der Waals surface area contributed by atoms with E-state index in [1.807, 2.05) is 18.9 Å². The monoisotopic (exact) mass is 780 g/mol. The number of aromatic nitrogens is 2. The molecule has 0 radical (unpaired) electrons. The number of fused-ring (bicyclic) bond motifs is 1. The molecule has 1 fully saturated rings. The minimum Gasteiger partial charge on any atom is -0.304 e. The lowest BCUT2D eigenvalue weighted by Gasteiger charge is -2.53. The van der Waals surface area contributed by atoms with Gasteiger partial charge in [0.15, 0.2) is 0 Å². The van der Waals surface area contributed by atoms with Gasteiger partial charge in [0.25, 0.3) is 5.56 Å². The summed E-state index contributed by atoms with van der Waals surface area (Å²) in [5.74, 6) is 1.42. The number of alkyl halides is 6. The Morgan fingerprint density at radius 1 is 0.963 bits per heavy atom. The predicted octanol–water partition coefficient (Wildman–Crippen LogP) is 13.8. The first-order valence-electron chi connectivity index (χ1n) is 19.9. The van der Waals surface area contributed by atoms with Crippen LogP contribution in [-0.2, 0) is 17.4 Å². The van der Waals surface area contributed by atoms with E-state index >= 15 is 0 Å². The molecule has 1 aromatic heterocycles. The van der Waals surface area contributed by atoms with Crippen molar-refractivity contribution in [1.29, 1.82) is 0 Å². The van der Waals surface area contributed by atoms with Gasteiger partial charge in [-0.05, 0) is 68.8 Å². The summed E-state index contributed by atoms with van der Waals surface area (Å²) in [6.45, 7) is 32.4. The molecule has 3 rings (SSSR count). The van der Waals surface area contributed by atoms with Gasteiger partial charge in [-0.2, -0.15) is 31.4 Å². The van der Waals surface area contributed by atoms with E-state index in [4.69, 9.17) is 4.79 Å². The van der Waals surface area contributed by atoms with Crippen LogP contribution in [0.2, 0.25) is 0 Å². The number of aromatic amines is 1. The Balaban J connectivity index is -0.000000689. The molecule has 0 spiro atoms. The second-order valence-corrected chi connectivity index (χ2v) is 14.9. The quantitative estimate of drug-likeness (QED) is 0.105. The molecule has 54 heavy (non-hydrogen) atoms. The lowest BCUT2D eigenvalue weighted by molar-refractivity contribution is -0.139. The topological polar surface area (TPSA) is 66.1 Å². The van der Waals surface area contributed by atoms with Gasteiger partial charge in [-0.25, -0.2) is 5.10 Å². The van der Waals surface area contributed by atoms with E-state index in [1.54, 1.807) is 0 Å². The van der Waals surface area contributed by atoms with Gasteiger partial charge in [-0.3, -0.25) is 9.69 Å². The van der Waals surface area contributed by atoms with Crippen molar-refractivity contribution in [3.63, 3.8) is 0 Å². The summed E-state index contributed by atoms with van der Waals surface area (Å²) < 4.78 is 76.0. The number of aldehydes is 1.